The zero-order valence-corrected chi connectivity index (χ0v) is 12.4. The number of carboxylic acid groups (broad SMARTS) is 1. The van der Waals surface area contributed by atoms with Gasteiger partial charge in [-0.2, -0.15) is 0 Å². The van der Waals surface area contributed by atoms with Crippen molar-refractivity contribution in [3.63, 3.8) is 0 Å². The molecular formula is C16H24O3. The first-order chi connectivity index (χ1) is 8.54. The number of rotatable bonds is 4. The predicted molar refractivity (Wildman–Crippen MR) is 76.5 cm³/mol. The van der Waals surface area contributed by atoms with Gasteiger partial charge in [0.2, 0.25) is 0 Å². The van der Waals surface area contributed by atoms with Crippen LogP contribution in [0.15, 0.2) is 18.2 Å². The van der Waals surface area contributed by atoms with Crippen LogP contribution in [0, 0.1) is 5.41 Å². The zero-order chi connectivity index (χ0) is 14.8. The first-order valence-electron chi connectivity index (χ1n) is 6.60. The van der Waals surface area contributed by atoms with Gasteiger partial charge < -0.3 is 10.2 Å². The number of hydrogen-bond acceptors (Lipinski definition) is 2. The SMILES string of the molecule is CC(C)(CCc1ccc(O)c(C(C)(C)C)c1)C(=O)O. The first kappa shape index (κ1) is 15.5. The third-order valence-electron chi connectivity index (χ3n) is 3.49. The van der Waals surface area contributed by atoms with Crippen molar-refractivity contribution in [3.8, 4) is 5.75 Å². The molecule has 1 rings (SSSR count). The molecule has 2 N–H and O–H groups in total. The summed E-state index contributed by atoms with van der Waals surface area (Å²) in [4.78, 5) is 11.1. The van der Waals surface area contributed by atoms with Crippen molar-refractivity contribution >= 4 is 5.97 Å². The van der Waals surface area contributed by atoms with E-state index in [9.17, 15) is 9.90 Å². The molecule has 0 saturated heterocycles. The highest BCUT2D eigenvalue weighted by molar-refractivity contribution is 5.73. The molecule has 0 aliphatic carbocycles. The lowest BCUT2D eigenvalue weighted by Crippen LogP contribution is -2.24. The van der Waals surface area contributed by atoms with Crippen molar-refractivity contribution in [1.82, 2.24) is 0 Å². The van der Waals surface area contributed by atoms with Crippen molar-refractivity contribution in [1.29, 1.82) is 0 Å². The Balaban J connectivity index is 2.90. The molecule has 0 aromatic heterocycles. The van der Waals surface area contributed by atoms with Crippen LogP contribution in [-0.2, 0) is 16.6 Å². The summed E-state index contributed by atoms with van der Waals surface area (Å²) in [5, 5.41) is 19.0. The molecule has 0 radical (unpaired) electrons. The molecule has 0 atom stereocenters. The number of aromatic hydroxyl groups is 1. The van der Waals surface area contributed by atoms with E-state index in [-0.39, 0.29) is 5.41 Å². The molecule has 0 heterocycles. The van der Waals surface area contributed by atoms with Crippen LogP contribution in [0.3, 0.4) is 0 Å². The second-order valence-electron chi connectivity index (χ2n) is 6.79. The Hall–Kier alpha value is -1.51. The number of phenolic OH excluding ortho intramolecular Hbond substituents is 1. The van der Waals surface area contributed by atoms with Gasteiger partial charge in [0.25, 0.3) is 0 Å². The number of benzene rings is 1. The van der Waals surface area contributed by atoms with E-state index in [4.69, 9.17) is 5.11 Å². The number of phenols is 1. The summed E-state index contributed by atoms with van der Waals surface area (Å²) in [5.74, 6) is -0.476. The molecule has 3 heteroatoms. The van der Waals surface area contributed by atoms with Gasteiger partial charge in [-0.1, -0.05) is 32.9 Å². The van der Waals surface area contributed by atoms with Crippen molar-refractivity contribution in [2.24, 2.45) is 5.41 Å². The lowest BCUT2D eigenvalue weighted by Gasteiger charge is -2.22. The quantitative estimate of drug-likeness (QED) is 0.871. The molecule has 0 fully saturated rings. The highest BCUT2D eigenvalue weighted by atomic mass is 16.4. The molecule has 0 spiro atoms. The second-order valence-corrected chi connectivity index (χ2v) is 6.79. The van der Waals surface area contributed by atoms with E-state index in [0.29, 0.717) is 18.6 Å². The van der Waals surface area contributed by atoms with Crippen molar-refractivity contribution in [2.45, 2.75) is 52.9 Å². The van der Waals surface area contributed by atoms with Gasteiger partial charge in [-0.05, 0) is 49.3 Å². The molecule has 1 aromatic rings. The summed E-state index contributed by atoms with van der Waals surface area (Å²) in [6.45, 7) is 9.62. The molecule has 106 valence electrons. The third-order valence-corrected chi connectivity index (χ3v) is 3.49. The van der Waals surface area contributed by atoms with Gasteiger partial charge in [0.05, 0.1) is 5.41 Å². The summed E-state index contributed by atoms with van der Waals surface area (Å²) in [7, 11) is 0. The topological polar surface area (TPSA) is 57.5 Å². The van der Waals surface area contributed by atoms with E-state index in [1.165, 1.54) is 0 Å². The van der Waals surface area contributed by atoms with E-state index in [1.54, 1.807) is 19.9 Å². The van der Waals surface area contributed by atoms with Crippen LogP contribution in [0.4, 0.5) is 0 Å². The summed E-state index contributed by atoms with van der Waals surface area (Å²) in [6, 6.07) is 5.54. The Morgan fingerprint density at radius 1 is 1.16 bits per heavy atom. The fourth-order valence-electron chi connectivity index (χ4n) is 1.90. The van der Waals surface area contributed by atoms with Gasteiger partial charge in [0.1, 0.15) is 5.75 Å². The molecule has 0 aliphatic heterocycles. The lowest BCUT2D eigenvalue weighted by molar-refractivity contribution is -0.147. The van der Waals surface area contributed by atoms with Gasteiger partial charge in [-0.3, -0.25) is 4.79 Å². The van der Waals surface area contributed by atoms with Gasteiger partial charge in [0, 0.05) is 0 Å². The Labute approximate surface area is 115 Å². The average Bonchev–Trinajstić information content (AvgIpc) is 2.26. The first-order valence-corrected chi connectivity index (χ1v) is 6.60. The number of carbonyl (C=O) groups is 1. The Kier molecular flexibility index (Phi) is 4.28. The monoisotopic (exact) mass is 264 g/mol. The number of aliphatic carboxylic acids is 1. The molecule has 0 amide bonds. The Morgan fingerprint density at radius 2 is 1.74 bits per heavy atom. The zero-order valence-electron chi connectivity index (χ0n) is 12.4. The number of aryl methyl sites for hydroxylation is 1. The highest BCUT2D eigenvalue weighted by Crippen LogP contribution is 2.32. The van der Waals surface area contributed by atoms with Crippen molar-refractivity contribution < 1.29 is 15.0 Å². The summed E-state index contributed by atoms with van der Waals surface area (Å²) in [6.07, 6.45) is 1.28. The van der Waals surface area contributed by atoms with Gasteiger partial charge >= 0.3 is 5.97 Å². The lowest BCUT2D eigenvalue weighted by atomic mass is 9.83. The predicted octanol–water partition coefficient (Wildman–Crippen LogP) is 3.73. The molecule has 0 unspecified atom stereocenters. The maximum Gasteiger partial charge on any atom is 0.309 e. The highest BCUT2D eigenvalue weighted by Gasteiger charge is 2.27. The fraction of sp³-hybridized carbons (Fsp3) is 0.562. The molecule has 19 heavy (non-hydrogen) atoms. The minimum Gasteiger partial charge on any atom is -0.508 e. The molecule has 3 nitrogen and oxygen atoms in total. The number of carboxylic acids is 1. The standard InChI is InChI=1S/C16H24O3/c1-15(2,3)12-10-11(6-7-13(12)17)8-9-16(4,5)14(18)19/h6-7,10,17H,8-9H2,1-5H3,(H,18,19). The third kappa shape index (κ3) is 3.98. The van der Waals surface area contributed by atoms with E-state index in [2.05, 4.69) is 0 Å². The van der Waals surface area contributed by atoms with Gasteiger partial charge in [0.15, 0.2) is 0 Å². The molecule has 1 aromatic carbocycles. The molecule has 0 aliphatic rings. The largest absolute Gasteiger partial charge is 0.508 e. The van der Waals surface area contributed by atoms with Crippen LogP contribution in [-0.4, -0.2) is 16.2 Å². The minimum absolute atomic E-state index is 0.123. The molecule has 0 bridgehead atoms. The second kappa shape index (κ2) is 5.24. The maximum absolute atomic E-state index is 11.1. The Bertz CT molecular complexity index is 467. The normalized spacial score (nSPS) is 12.5. The van der Waals surface area contributed by atoms with Crippen LogP contribution in [0.2, 0.25) is 0 Å². The van der Waals surface area contributed by atoms with Crippen LogP contribution >= 0.6 is 0 Å². The number of hydrogen-bond donors (Lipinski definition) is 2. The van der Waals surface area contributed by atoms with E-state index in [0.717, 1.165) is 11.1 Å². The van der Waals surface area contributed by atoms with E-state index >= 15 is 0 Å². The van der Waals surface area contributed by atoms with Crippen LogP contribution in [0.25, 0.3) is 0 Å². The van der Waals surface area contributed by atoms with Gasteiger partial charge in [-0.25, -0.2) is 0 Å². The van der Waals surface area contributed by atoms with Crippen LogP contribution in [0.5, 0.6) is 5.75 Å². The average molecular weight is 264 g/mol. The van der Waals surface area contributed by atoms with Crippen molar-refractivity contribution in [3.05, 3.63) is 29.3 Å². The van der Waals surface area contributed by atoms with E-state index in [1.807, 2.05) is 32.9 Å². The summed E-state index contributed by atoms with van der Waals surface area (Å²) in [5.41, 5.74) is 1.12. The van der Waals surface area contributed by atoms with Crippen LogP contribution in [0.1, 0.15) is 52.2 Å². The van der Waals surface area contributed by atoms with Crippen molar-refractivity contribution in [2.75, 3.05) is 0 Å². The smallest absolute Gasteiger partial charge is 0.309 e. The maximum atomic E-state index is 11.1. The molecular weight excluding hydrogens is 240 g/mol. The van der Waals surface area contributed by atoms with E-state index < -0.39 is 11.4 Å². The minimum atomic E-state index is -0.776. The Morgan fingerprint density at radius 3 is 2.21 bits per heavy atom. The summed E-state index contributed by atoms with van der Waals surface area (Å²) >= 11 is 0. The van der Waals surface area contributed by atoms with Gasteiger partial charge in [-0.15, -0.1) is 0 Å². The summed E-state index contributed by atoms with van der Waals surface area (Å²) < 4.78 is 0. The fourth-order valence-corrected chi connectivity index (χ4v) is 1.90. The van der Waals surface area contributed by atoms with Crippen LogP contribution < -0.4 is 0 Å². The molecule has 0 saturated carbocycles.